The summed E-state index contributed by atoms with van der Waals surface area (Å²) in [7, 11) is 0. The Kier molecular flexibility index (Phi) is 5.40. The van der Waals surface area contributed by atoms with Crippen LogP contribution >= 0.6 is 0 Å². The van der Waals surface area contributed by atoms with Crippen molar-refractivity contribution in [2.45, 2.75) is 64.4 Å². The number of hydrogen-bond donors (Lipinski definition) is 1. The molecule has 0 aliphatic carbocycles. The number of nitrogens with one attached hydrogen (secondary N) is 1. The Bertz CT molecular complexity index is 470. The molecule has 1 atom stereocenters. The molecule has 1 aliphatic heterocycles. The highest BCUT2D eigenvalue weighted by atomic mass is 16.5. The summed E-state index contributed by atoms with van der Waals surface area (Å²) in [6, 6.07) is 8.05. The average molecular weight is 289 g/mol. The first-order valence-electron chi connectivity index (χ1n) is 7.98. The molecule has 0 radical (unpaired) electrons. The van der Waals surface area contributed by atoms with Crippen molar-refractivity contribution >= 4 is 11.6 Å². The molecule has 2 rings (SSSR count). The molecule has 116 valence electrons. The van der Waals surface area contributed by atoms with Crippen LogP contribution in [0.3, 0.4) is 0 Å². The highest BCUT2D eigenvalue weighted by molar-refractivity contribution is 5.91. The van der Waals surface area contributed by atoms with Gasteiger partial charge in [0.25, 0.3) is 0 Å². The molecule has 0 bridgehead atoms. The lowest BCUT2D eigenvalue weighted by atomic mass is 9.86. The molecule has 21 heavy (non-hydrogen) atoms. The maximum absolute atomic E-state index is 12.2. The minimum Gasteiger partial charge on any atom is -0.378 e. The molecular weight excluding hydrogens is 262 g/mol. The number of carbonyl (C=O) groups is 1. The van der Waals surface area contributed by atoms with Gasteiger partial charge in [-0.15, -0.1) is 0 Å². The van der Waals surface area contributed by atoms with Crippen molar-refractivity contribution in [2.75, 3.05) is 11.9 Å². The lowest BCUT2D eigenvalue weighted by Gasteiger charge is -2.24. The lowest BCUT2D eigenvalue weighted by molar-refractivity contribution is -0.117. The average Bonchev–Trinajstić information content (AvgIpc) is 2.46. The third kappa shape index (κ3) is 4.85. The van der Waals surface area contributed by atoms with Crippen molar-refractivity contribution in [2.24, 2.45) is 0 Å². The minimum absolute atomic E-state index is 0.0242. The SMILES string of the molecule is CC(C)(C)c1ccccc1NC(=O)CCC1CCCCO1. The van der Waals surface area contributed by atoms with Crippen LogP contribution in [0.4, 0.5) is 5.69 Å². The summed E-state index contributed by atoms with van der Waals surface area (Å²) < 4.78 is 5.68. The van der Waals surface area contributed by atoms with Crippen LogP contribution in [0.2, 0.25) is 0 Å². The van der Waals surface area contributed by atoms with Crippen LogP contribution in [0, 0.1) is 0 Å². The summed E-state index contributed by atoms with van der Waals surface area (Å²) in [5, 5.41) is 3.06. The first kappa shape index (κ1) is 16.0. The molecular formula is C18H27NO2. The number of amides is 1. The van der Waals surface area contributed by atoms with E-state index in [4.69, 9.17) is 4.74 Å². The van der Waals surface area contributed by atoms with Crippen LogP contribution in [-0.4, -0.2) is 18.6 Å². The van der Waals surface area contributed by atoms with E-state index in [1.807, 2.05) is 18.2 Å². The van der Waals surface area contributed by atoms with Crippen molar-refractivity contribution in [3.05, 3.63) is 29.8 Å². The maximum atomic E-state index is 12.2. The van der Waals surface area contributed by atoms with Gasteiger partial charge in [0.2, 0.25) is 5.91 Å². The quantitative estimate of drug-likeness (QED) is 0.898. The summed E-state index contributed by atoms with van der Waals surface area (Å²) in [6.45, 7) is 7.33. The fourth-order valence-electron chi connectivity index (χ4n) is 2.79. The molecule has 0 aromatic heterocycles. The van der Waals surface area contributed by atoms with Gasteiger partial charge in [0.15, 0.2) is 0 Å². The van der Waals surface area contributed by atoms with E-state index in [2.05, 4.69) is 32.2 Å². The second kappa shape index (κ2) is 7.08. The molecule has 1 heterocycles. The molecule has 1 N–H and O–H groups in total. The molecule has 1 aromatic rings. The van der Waals surface area contributed by atoms with Crippen LogP contribution in [0.1, 0.15) is 58.4 Å². The molecule has 1 fully saturated rings. The molecule has 1 aromatic carbocycles. The van der Waals surface area contributed by atoms with Gasteiger partial charge in [-0.3, -0.25) is 4.79 Å². The lowest BCUT2D eigenvalue weighted by Crippen LogP contribution is -2.23. The summed E-state index contributed by atoms with van der Waals surface area (Å²) in [4.78, 5) is 12.2. The summed E-state index contributed by atoms with van der Waals surface area (Å²) in [5.41, 5.74) is 2.13. The number of para-hydroxylation sites is 1. The fourth-order valence-corrected chi connectivity index (χ4v) is 2.79. The Labute approximate surface area is 128 Å². The smallest absolute Gasteiger partial charge is 0.224 e. The van der Waals surface area contributed by atoms with Gasteiger partial charge >= 0.3 is 0 Å². The molecule has 3 nitrogen and oxygen atoms in total. The predicted octanol–water partition coefficient (Wildman–Crippen LogP) is 4.27. The number of anilines is 1. The normalized spacial score (nSPS) is 19.3. The van der Waals surface area contributed by atoms with Gasteiger partial charge in [0.05, 0.1) is 6.10 Å². The first-order valence-corrected chi connectivity index (χ1v) is 7.98. The zero-order valence-electron chi connectivity index (χ0n) is 13.4. The number of benzene rings is 1. The Morgan fingerprint density at radius 1 is 1.29 bits per heavy atom. The molecule has 0 spiro atoms. The van der Waals surface area contributed by atoms with Gasteiger partial charge in [0.1, 0.15) is 0 Å². The summed E-state index contributed by atoms with van der Waals surface area (Å²) in [6.07, 6.45) is 5.08. The highest BCUT2D eigenvalue weighted by Gasteiger charge is 2.19. The number of hydrogen-bond acceptors (Lipinski definition) is 2. The largest absolute Gasteiger partial charge is 0.378 e. The van der Waals surface area contributed by atoms with Crippen LogP contribution in [0.25, 0.3) is 0 Å². The molecule has 3 heteroatoms. The highest BCUT2D eigenvalue weighted by Crippen LogP contribution is 2.29. The maximum Gasteiger partial charge on any atom is 0.224 e. The Hall–Kier alpha value is -1.35. The molecule has 1 saturated heterocycles. The van der Waals surface area contributed by atoms with Gasteiger partial charge in [-0.05, 0) is 42.7 Å². The first-order chi connectivity index (χ1) is 9.97. The molecule has 1 unspecified atom stereocenters. The Morgan fingerprint density at radius 3 is 2.71 bits per heavy atom. The van der Waals surface area contributed by atoms with Crippen LogP contribution in [0.5, 0.6) is 0 Å². The fraction of sp³-hybridized carbons (Fsp3) is 0.611. The van der Waals surface area contributed by atoms with E-state index in [1.165, 1.54) is 12.0 Å². The van der Waals surface area contributed by atoms with Crippen molar-refractivity contribution in [3.63, 3.8) is 0 Å². The summed E-state index contributed by atoms with van der Waals surface area (Å²) >= 11 is 0. The third-order valence-electron chi connectivity index (χ3n) is 3.98. The second-order valence-corrected chi connectivity index (χ2v) is 6.87. The van der Waals surface area contributed by atoms with Crippen LogP contribution in [0.15, 0.2) is 24.3 Å². The van der Waals surface area contributed by atoms with E-state index in [9.17, 15) is 4.79 Å². The van der Waals surface area contributed by atoms with Crippen molar-refractivity contribution in [1.29, 1.82) is 0 Å². The molecule has 1 aliphatic rings. The van der Waals surface area contributed by atoms with Gasteiger partial charge in [0, 0.05) is 18.7 Å². The zero-order chi connectivity index (χ0) is 15.3. The van der Waals surface area contributed by atoms with E-state index < -0.39 is 0 Å². The van der Waals surface area contributed by atoms with Crippen molar-refractivity contribution in [1.82, 2.24) is 0 Å². The number of rotatable bonds is 4. The van der Waals surface area contributed by atoms with Gasteiger partial charge in [-0.1, -0.05) is 39.0 Å². The van der Waals surface area contributed by atoms with Gasteiger partial charge < -0.3 is 10.1 Å². The number of ether oxygens (including phenoxy) is 1. The van der Waals surface area contributed by atoms with Gasteiger partial charge in [-0.2, -0.15) is 0 Å². The van der Waals surface area contributed by atoms with Crippen molar-refractivity contribution < 1.29 is 9.53 Å². The Morgan fingerprint density at radius 2 is 2.05 bits per heavy atom. The van der Waals surface area contributed by atoms with E-state index >= 15 is 0 Å². The topological polar surface area (TPSA) is 38.3 Å². The minimum atomic E-state index is 0.0242. The van der Waals surface area contributed by atoms with Crippen molar-refractivity contribution in [3.8, 4) is 0 Å². The molecule has 0 saturated carbocycles. The molecule has 1 amide bonds. The van der Waals surface area contributed by atoms with E-state index in [1.54, 1.807) is 0 Å². The third-order valence-corrected chi connectivity index (χ3v) is 3.98. The monoisotopic (exact) mass is 289 g/mol. The van der Waals surface area contributed by atoms with E-state index in [-0.39, 0.29) is 17.4 Å². The summed E-state index contributed by atoms with van der Waals surface area (Å²) in [5.74, 6) is 0.0841. The van der Waals surface area contributed by atoms with E-state index in [0.717, 1.165) is 31.6 Å². The standard InChI is InChI=1S/C18H27NO2/c1-18(2,3)15-9-4-5-10-16(15)19-17(20)12-11-14-8-6-7-13-21-14/h4-5,9-10,14H,6-8,11-13H2,1-3H3,(H,19,20). The van der Waals surface area contributed by atoms with Gasteiger partial charge in [-0.25, -0.2) is 0 Å². The Balaban J connectivity index is 1.90. The zero-order valence-corrected chi connectivity index (χ0v) is 13.4. The second-order valence-electron chi connectivity index (χ2n) is 6.87. The number of carbonyl (C=O) groups excluding carboxylic acids is 1. The predicted molar refractivity (Wildman–Crippen MR) is 86.6 cm³/mol. The van der Waals surface area contributed by atoms with Crippen LogP contribution in [-0.2, 0) is 14.9 Å². The van der Waals surface area contributed by atoms with Crippen LogP contribution < -0.4 is 5.32 Å². The van der Waals surface area contributed by atoms with E-state index in [0.29, 0.717) is 6.42 Å².